The van der Waals surface area contributed by atoms with Gasteiger partial charge in [0.2, 0.25) is 0 Å². The molecule has 9 heteroatoms. The third kappa shape index (κ3) is 5.78. The molecule has 2 atom stereocenters. The summed E-state index contributed by atoms with van der Waals surface area (Å²) < 4.78 is 17.1. The highest BCUT2D eigenvalue weighted by Gasteiger charge is 2.28. The second-order valence-corrected chi connectivity index (χ2v) is 8.77. The van der Waals surface area contributed by atoms with Gasteiger partial charge in [-0.2, -0.15) is 0 Å². The van der Waals surface area contributed by atoms with E-state index < -0.39 is 6.10 Å². The van der Waals surface area contributed by atoms with Crippen molar-refractivity contribution in [2.45, 2.75) is 32.4 Å². The molecule has 0 saturated carbocycles. The predicted octanol–water partition coefficient (Wildman–Crippen LogP) is 1.86. The van der Waals surface area contributed by atoms with Gasteiger partial charge in [-0.25, -0.2) is 9.97 Å². The third-order valence-electron chi connectivity index (χ3n) is 6.34. The Kier molecular flexibility index (Phi) is 8.55. The van der Waals surface area contributed by atoms with Crippen molar-refractivity contribution in [1.82, 2.24) is 15.3 Å². The normalized spacial score (nSPS) is 19.3. The molecule has 34 heavy (non-hydrogen) atoms. The molecule has 2 aromatic rings. The summed E-state index contributed by atoms with van der Waals surface area (Å²) in [5.74, 6) is 3.26. The molecule has 1 unspecified atom stereocenters. The van der Waals surface area contributed by atoms with Gasteiger partial charge in [0.15, 0.2) is 5.82 Å². The van der Waals surface area contributed by atoms with Crippen LogP contribution in [0.25, 0.3) is 11.4 Å². The largest absolute Gasteiger partial charge is 0.491 e. The number of morpholine rings is 1. The van der Waals surface area contributed by atoms with Crippen LogP contribution in [0, 0.1) is 6.92 Å². The van der Waals surface area contributed by atoms with Crippen LogP contribution in [0.3, 0.4) is 0 Å². The highest BCUT2D eigenvalue weighted by Crippen LogP contribution is 2.33. The molecule has 2 aliphatic heterocycles. The van der Waals surface area contributed by atoms with Crippen molar-refractivity contribution in [3.63, 3.8) is 0 Å². The van der Waals surface area contributed by atoms with Gasteiger partial charge in [-0.3, -0.25) is 0 Å². The number of hydrogen-bond acceptors (Lipinski definition) is 9. The molecule has 0 bridgehead atoms. The highest BCUT2D eigenvalue weighted by molar-refractivity contribution is 5.68. The van der Waals surface area contributed by atoms with Gasteiger partial charge in [-0.15, -0.1) is 0 Å². The number of aliphatic hydroxyl groups excluding tert-OH is 1. The van der Waals surface area contributed by atoms with E-state index in [9.17, 15) is 5.11 Å². The molecule has 0 radical (unpaired) electrons. The number of aliphatic hydroxyl groups is 1. The first kappa shape index (κ1) is 24.7. The molecule has 2 fully saturated rings. The minimum Gasteiger partial charge on any atom is -0.491 e. The van der Waals surface area contributed by atoms with Crippen molar-refractivity contribution in [2.24, 2.45) is 0 Å². The molecule has 1 aromatic heterocycles. The average molecular weight is 472 g/mol. The van der Waals surface area contributed by atoms with E-state index >= 15 is 0 Å². The van der Waals surface area contributed by atoms with E-state index in [-0.39, 0.29) is 6.61 Å². The van der Waals surface area contributed by atoms with Gasteiger partial charge in [0, 0.05) is 43.9 Å². The van der Waals surface area contributed by atoms with Gasteiger partial charge in [0.25, 0.3) is 0 Å². The van der Waals surface area contributed by atoms with E-state index in [2.05, 4.69) is 29.0 Å². The van der Waals surface area contributed by atoms with E-state index in [0.29, 0.717) is 37.4 Å². The van der Waals surface area contributed by atoms with Gasteiger partial charge in [-0.05, 0) is 39.4 Å². The summed E-state index contributed by atoms with van der Waals surface area (Å²) in [6.07, 6.45) is 0.424. The number of rotatable bonds is 10. The second-order valence-electron chi connectivity index (χ2n) is 8.77. The Balaban J connectivity index is 1.69. The van der Waals surface area contributed by atoms with Crippen LogP contribution in [0.2, 0.25) is 0 Å². The van der Waals surface area contributed by atoms with E-state index in [1.54, 1.807) is 7.05 Å². The maximum absolute atomic E-state index is 9.99. The fourth-order valence-electron chi connectivity index (χ4n) is 4.55. The van der Waals surface area contributed by atoms with Crippen LogP contribution >= 0.6 is 0 Å². The zero-order valence-electron chi connectivity index (χ0n) is 20.5. The molecule has 0 aliphatic carbocycles. The fraction of sp³-hybridized carbons (Fsp3) is 0.600. The van der Waals surface area contributed by atoms with Gasteiger partial charge < -0.3 is 34.4 Å². The van der Waals surface area contributed by atoms with E-state index in [0.717, 1.165) is 62.0 Å². The smallest absolute Gasteiger partial charge is 0.164 e. The monoisotopic (exact) mass is 471 g/mol. The van der Waals surface area contributed by atoms with Crippen molar-refractivity contribution < 1.29 is 19.3 Å². The topological polar surface area (TPSA) is 92.2 Å². The summed E-state index contributed by atoms with van der Waals surface area (Å²) in [5, 5.41) is 12.9. The van der Waals surface area contributed by atoms with Crippen LogP contribution in [0.4, 0.5) is 11.6 Å². The Labute approximate surface area is 202 Å². The van der Waals surface area contributed by atoms with Crippen LogP contribution in [-0.4, -0.2) is 93.5 Å². The lowest BCUT2D eigenvalue weighted by molar-refractivity contribution is 0.108. The Morgan fingerprint density at radius 2 is 2.06 bits per heavy atom. The lowest BCUT2D eigenvalue weighted by Gasteiger charge is -2.33. The summed E-state index contributed by atoms with van der Waals surface area (Å²) in [6, 6.07) is 8.09. The maximum Gasteiger partial charge on any atom is 0.164 e. The summed E-state index contributed by atoms with van der Waals surface area (Å²) in [5.41, 5.74) is 1.97. The molecule has 186 valence electrons. The van der Waals surface area contributed by atoms with Crippen LogP contribution in [0.1, 0.15) is 18.9 Å². The zero-order valence-corrected chi connectivity index (χ0v) is 20.5. The lowest BCUT2D eigenvalue weighted by atomic mass is 10.1. The molecule has 0 spiro atoms. The van der Waals surface area contributed by atoms with E-state index in [4.69, 9.17) is 24.2 Å². The average Bonchev–Trinajstić information content (AvgIpc) is 3.40. The van der Waals surface area contributed by atoms with Gasteiger partial charge >= 0.3 is 0 Å². The number of anilines is 2. The summed E-state index contributed by atoms with van der Waals surface area (Å²) in [4.78, 5) is 14.7. The Morgan fingerprint density at radius 3 is 2.76 bits per heavy atom. The Morgan fingerprint density at radius 1 is 1.24 bits per heavy atom. The maximum atomic E-state index is 9.99. The van der Waals surface area contributed by atoms with Crippen molar-refractivity contribution in [2.75, 3.05) is 76.1 Å². The van der Waals surface area contributed by atoms with Crippen LogP contribution in [-0.2, 0) is 9.47 Å². The zero-order chi connectivity index (χ0) is 23.9. The summed E-state index contributed by atoms with van der Waals surface area (Å²) >= 11 is 0. The summed E-state index contributed by atoms with van der Waals surface area (Å²) in [7, 11) is 1.81. The molecule has 3 heterocycles. The van der Waals surface area contributed by atoms with Crippen molar-refractivity contribution >= 4 is 11.6 Å². The molecular weight excluding hydrogens is 434 g/mol. The number of likely N-dealkylation sites (N-methyl/N-ethyl adjacent to an activating group) is 2. The molecule has 4 rings (SSSR count). The fourth-order valence-corrected chi connectivity index (χ4v) is 4.55. The molecule has 0 amide bonds. The number of nitrogens with one attached hydrogen (secondary N) is 1. The highest BCUT2D eigenvalue weighted by atomic mass is 16.5. The predicted molar refractivity (Wildman–Crippen MR) is 133 cm³/mol. The first-order valence-electron chi connectivity index (χ1n) is 12.2. The van der Waals surface area contributed by atoms with E-state index in [1.165, 1.54) is 0 Å². The standard InChI is InChI=1S/C25H37N5O4/c1-4-30(20-8-11-33-16-20)25-18(2)24(29-9-12-32-13-10-29)27-23(28-25)19-6-5-7-22(14-19)34-17-21(31)15-26-3/h5-7,14,20-21,26,31H,4,8-13,15-17H2,1-3H3/t20-,21?/m1/s1. The number of ether oxygens (including phenoxy) is 3. The SMILES string of the molecule is CCN(c1nc(-c2cccc(OCC(O)CNC)c2)nc(N2CCOCC2)c1C)[C@@H]1CCOC1. The second kappa shape index (κ2) is 11.8. The molecule has 2 N–H and O–H groups in total. The molecule has 9 nitrogen and oxygen atoms in total. The molecule has 2 aliphatic rings. The minimum absolute atomic E-state index is 0.217. The Bertz CT molecular complexity index is 932. The van der Waals surface area contributed by atoms with Crippen LogP contribution in [0.5, 0.6) is 5.75 Å². The number of aromatic nitrogens is 2. The van der Waals surface area contributed by atoms with Crippen LogP contribution in [0.15, 0.2) is 24.3 Å². The van der Waals surface area contributed by atoms with Gasteiger partial charge in [-0.1, -0.05) is 12.1 Å². The minimum atomic E-state index is -0.574. The third-order valence-corrected chi connectivity index (χ3v) is 6.34. The first-order valence-corrected chi connectivity index (χ1v) is 12.2. The number of benzene rings is 1. The van der Waals surface area contributed by atoms with Crippen molar-refractivity contribution in [3.8, 4) is 17.1 Å². The van der Waals surface area contributed by atoms with Gasteiger partial charge in [0.05, 0.1) is 25.9 Å². The van der Waals surface area contributed by atoms with E-state index in [1.807, 2.05) is 24.3 Å². The first-order chi connectivity index (χ1) is 16.6. The molecule has 2 saturated heterocycles. The molecular formula is C25H37N5O4. The van der Waals surface area contributed by atoms with Gasteiger partial charge in [0.1, 0.15) is 30.1 Å². The number of nitrogens with zero attached hydrogens (tertiary/aromatic N) is 4. The number of hydrogen-bond donors (Lipinski definition) is 2. The molecule has 1 aromatic carbocycles. The summed E-state index contributed by atoms with van der Waals surface area (Å²) in [6.45, 7) is 10.3. The van der Waals surface area contributed by atoms with Crippen molar-refractivity contribution in [3.05, 3.63) is 29.8 Å². The van der Waals surface area contributed by atoms with Crippen molar-refractivity contribution in [1.29, 1.82) is 0 Å². The van der Waals surface area contributed by atoms with Crippen LogP contribution < -0.4 is 19.9 Å². The Hall–Kier alpha value is -2.46. The quantitative estimate of drug-likeness (QED) is 0.539. The lowest BCUT2D eigenvalue weighted by Crippen LogP contribution is -2.39.